The van der Waals surface area contributed by atoms with Gasteiger partial charge in [-0.25, -0.2) is 13.6 Å². The maximum absolute atomic E-state index is 13.1. The molecule has 4 nitrogen and oxygen atoms in total. The number of halogens is 2. The highest BCUT2D eigenvalue weighted by molar-refractivity contribution is 5.97. The van der Waals surface area contributed by atoms with E-state index in [1.54, 1.807) is 6.92 Å². The van der Waals surface area contributed by atoms with Crippen LogP contribution < -0.4 is 0 Å². The lowest BCUT2D eigenvalue weighted by Gasteiger charge is -2.23. The molecule has 2 atom stereocenters. The minimum Gasteiger partial charge on any atom is -0.480 e. The molecule has 1 fully saturated rings. The van der Waals surface area contributed by atoms with E-state index >= 15 is 0 Å². The molecule has 0 spiro atoms. The van der Waals surface area contributed by atoms with E-state index in [1.807, 2.05) is 0 Å². The van der Waals surface area contributed by atoms with Gasteiger partial charge in [0.15, 0.2) is 11.6 Å². The summed E-state index contributed by atoms with van der Waals surface area (Å²) in [5.74, 6) is -3.99. The van der Waals surface area contributed by atoms with Crippen molar-refractivity contribution < 1.29 is 23.5 Å². The highest BCUT2D eigenvalue weighted by atomic mass is 19.2. The Bertz CT molecular complexity index is 533. The minimum absolute atomic E-state index is 0.0424. The van der Waals surface area contributed by atoms with Crippen LogP contribution in [0.25, 0.3) is 0 Å². The van der Waals surface area contributed by atoms with Gasteiger partial charge >= 0.3 is 5.97 Å². The van der Waals surface area contributed by atoms with Crippen molar-refractivity contribution in [2.45, 2.75) is 19.4 Å². The van der Waals surface area contributed by atoms with Crippen LogP contribution in [-0.2, 0) is 4.79 Å². The summed E-state index contributed by atoms with van der Waals surface area (Å²) in [7, 11) is 0. The summed E-state index contributed by atoms with van der Waals surface area (Å²) in [4.78, 5) is 24.5. The molecule has 1 aliphatic heterocycles. The molecule has 1 N–H and O–H groups in total. The third-order valence-electron chi connectivity index (χ3n) is 3.38. The van der Waals surface area contributed by atoms with Crippen LogP contribution in [0.15, 0.2) is 18.2 Å². The van der Waals surface area contributed by atoms with Gasteiger partial charge in [-0.05, 0) is 30.5 Å². The van der Waals surface area contributed by atoms with Crippen LogP contribution in [0, 0.1) is 17.6 Å². The number of hydrogen-bond acceptors (Lipinski definition) is 2. The van der Waals surface area contributed by atoms with Crippen molar-refractivity contribution in [1.82, 2.24) is 4.90 Å². The molecule has 102 valence electrons. The molecule has 1 aromatic carbocycles. The maximum atomic E-state index is 13.1. The van der Waals surface area contributed by atoms with E-state index in [4.69, 9.17) is 5.11 Å². The largest absolute Gasteiger partial charge is 0.480 e. The first-order valence-corrected chi connectivity index (χ1v) is 5.90. The average Bonchev–Trinajstić information content (AvgIpc) is 2.74. The van der Waals surface area contributed by atoms with E-state index in [0.717, 1.165) is 18.2 Å². The zero-order chi connectivity index (χ0) is 14.2. The molecule has 6 heteroatoms. The first kappa shape index (κ1) is 13.5. The van der Waals surface area contributed by atoms with Crippen molar-refractivity contribution in [2.75, 3.05) is 6.54 Å². The van der Waals surface area contributed by atoms with E-state index in [0.29, 0.717) is 13.0 Å². The molecule has 19 heavy (non-hydrogen) atoms. The van der Waals surface area contributed by atoms with E-state index in [2.05, 4.69) is 0 Å². The number of aliphatic carboxylic acids is 1. The number of carboxylic acid groups (broad SMARTS) is 1. The number of nitrogens with zero attached hydrogens (tertiary/aromatic N) is 1. The number of rotatable bonds is 2. The standard InChI is InChI=1S/C13H13F2NO3/c1-7-4-5-16(11(7)13(18)19)12(17)8-2-3-9(14)10(15)6-8/h2-3,6-7,11H,4-5H2,1H3,(H,18,19). The summed E-state index contributed by atoms with van der Waals surface area (Å²) < 4.78 is 25.9. The van der Waals surface area contributed by atoms with Crippen molar-refractivity contribution in [1.29, 1.82) is 0 Å². The van der Waals surface area contributed by atoms with Gasteiger partial charge in [0.25, 0.3) is 5.91 Å². The van der Waals surface area contributed by atoms with Gasteiger partial charge in [-0.3, -0.25) is 4.79 Å². The molecule has 1 saturated heterocycles. The maximum Gasteiger partial charge on any atom is 0.326 e. The molecule has 0 saturated carbocycles. The van der Waals surface area contributed by atoms with Crippen molar-refractivity contribution in [3.63, 3.8) is 0 Å². The highest BCUT2D eigenvalue weighted by Gasteiger charge is 2.39. The van der Waals surface area contributed by atoms with Crippen molar-refractivity contribution in [3.05, 3.63) is 35.4 Å². The second-order valence-corrected chi connectivity index (χ2v) is 4.68. The van der Waals surface area contributed by atoms with E-state index in [-0.39, 0.29) is 11.5 Å². The number of carboxylic acids is 1. The molecule has 2 unspecified atom stereocenters. The van der Waals surface area contributed by atoms with Gasteiger partial charge in [0.05, 0.1) is 0 Å². The van der Waals surface area contributed by atoms with Crippen LogP contribution in [0.4, 0.5) is 8.78 Å². The molecular weight excluding hydrogens is 256 g/mol. The Balaban J connectivity index is 2.28. The second kappa shape index (κ2) is 4.95. The third kappa shape index (κ3) is 2.43. The van der Waals surface area contributed by atoms with E-state index in [9.17, 15) is 18.4 Å². The fourth-order valence-electron chi connectivity index (χ4n) is 2.35. The molecular formula is C13H13F2NO3. The van der Waals surface area contributed by atoms with Gasteiger partial charge in [-0.1, -0.05) is 6.92 Å². The number of carbonyl (C=O) groups excluding carboxylic acids is 1. The minimum atomic E-state index is -1.12. The Kier molecular flexibility index (Phi) is 3.50. The number of hydrogen-bond donors (Lipinski definition) is 1. The quantitative estimate of drug-likeness (QED) is 0.892. The molecule has 1 heterocycles. The molecule has 0 radical (unpaired) electrons. The first-order chi connectivity index (χ1) is 8.91. The highest BCUT2D eigenvalue weighted by Crippen LogP contribution is 2.26. The van der Waals surface area contributed by atoms with Crippen molar-refractivity contribution in [2.24, 2.45) is 5.92 Å². The van der Waals surface area contributed by atoms with Crippen LogP contribution in [-0.4, -0.2) is 34.5 Å². The Morgan fingerprint density at radius 1 is 1.32 bits per heavy atom. The smallest absolute Gasteiger partial charge is 0.326 e. The topological polar surface area (TPSA) is 57.6 Å². The Labute approximate surface area is 108 Å². The van der Waals surface area contributed by atoms with Crippen LogP contribution in [0.3, 0.4) is 0 Å². The summed E-state index contributed by atoms with van der Waals surface area (Å²) in [6.45, 7) is 2.05. The lowest BCUT2D eigenvalue weighted by molar-refractivity contribution is -0.142. The van der Waals surface area contributed by atoms with E-state index in [1.165, 1.54) is 4.90 Å². The summed E-state index contributed by atoms with van der Waals surface area (Å²) in [6.07, 6.45) is 0.576. The van der Waals surface area contributed by atoms with Gasteiger partial charge in [-0.15, -0.1) is 0 Å². The zero-order valence-corrected chi connectivity index (χ0v) is 10.3. The monoisotopic (exact) mass is 269 g/mol. The zero-order valence-electron chi connectivity index (χ0n) is 10.3. The van der Waals surface area contributed by atoms with Crippen molar-refractivity contribution in [3.8, 4) is 0 Å². The van der Waals surface area contributed by atoms with Gasteiger partial charge < -0.3 is 10.0 Å². The molecule has 0 aromatic heterocycles. The summed E-state index contributed by atoms with van der Waals surface area (Å²) in [5.41, 5.74) is -0.0424. The number of likely N-dealkylation sites (tertiary alicyclic amines) is 1. The van der Waals surface area contributed by atoms with Gasteiger partial charge in [0, 0.05) is 12.1 Å². The average molecular weight is 269 g/mol. The van der Waals surface area contributed by atoms with Crippen LogP contribution >= 0.6 is 0 Å². The molecule has 1 amide bonds. The fraction of sp³-hybridized carbons (Fsp3) is 0.385. The summed E-state index contributed by atoms with van der Waals surface area (Å²) in [6, 6.07) is 1.89. The molecule has 1 aliphatic rings. The van der Waals surface area contributed by atoms with Crippen LogP contribution in [0.5, 0.6) is 0 Å². The normalized spacial score (nSPS) is 22.6. The Morgan fingerprint density at radius 3 is 2.58 bits per heavy atom. The summed E-state index contributed by atoms with van der Waals surface area (Å²) >= 11 is 0. The Hall–Kier alpha value is -1.98. The number of carbonyl (C=O) groups is 2. The van der Waals surface area contributed by atoms with Gasteiger partial charge in [-0.2, -0.15) is 0 Å². The van der Waals surface area contributed by atoms with Crippen molar-refractivity contribution >= 4 is 11.9 Å². The van der Waals surface area contributed by atoms with E-state index < -0.39 is 29.6 Å². The molecule has 0 aliphatic carbocycles. The van der Waals surface area contributed by atoms with Gasteiger partial charge in [0.1, 0.15) is 6.04 Å². The lowest BCUT2D eigenvalue weighted by atomic mass is 10.0. The number of benzene rings is 1. The van der Waals surface area contributed by atoms with Crippen LogP contribution in [0.2, 0.25) is 0 Å². The first-order valence-electron chi connectivity index (χ1n) is 5.90. The second-order valence-electron chi connectivity index (χ2n) is 4.68. The predicted octanol–water partition coefficient (Wildman–Crippen LogP) is 1.90. The molecule has 1 aromatic rings. The number of amides is 1. The predicted molar refractivity (Wildman–Crippen MR) is 62.6 cm³/mol. The summed E-state index contributed by atoms with van der Waals surface area (Å²) in [5, 5.41) is 9.12. The molecule has 0 bridgehead atoms. The van der Waals surface area contributed by atoms with Crippen LogP contribution in [0.1, 0.15) is 23.7 Å². The lowest BCUT2D eigenvalue weighted by Crippen LogP contribution is -2.42. The molecule has 2 rings (SSSR count). The van der Waals surface area contributed by atoms with Gasteiger partial charge in [0.2, 0.25) is 0 Å². The third-order valence-corrected chi connectivity index (χ3v) is 3.38. The SMILES string of the molecule is CC1CCN(C(=O)c2ccc(F)c(F)c2)C1C(=O)O. The Morgan fingerprint density at radius 2 is 2.00 bits per heavy atom. The fourth-order valence-corrected chi connectivity index (χ4v) is 2.35.